The molecule has 14 heavy (non-hydrogen) atoms. The van der Waals surface area contributed by atoms with Crippen molar-refractivity contribution >= 4 is 15.9 Å². The third-order valence-corrected chi connectivity index (χ3v) is 3.79. The first-order valence-electron chi connectivity index (χ1n) is 4.81. The van der Waals surface area contributed by atoms with E-state index in [1.807, 2.05) is 11.6 Å². The minimum atomic E-state index is -3.36. The smallest absolute Gasteiger partial charge is 0.247 e. The van der Waals surface area contributed by atoms with Gasteiger partial charge in [-0.15, -0.1) is 0 Å². The van der Waals surface area contributed by atoms with E-state index in [4.69, 9.17) is 0 Å². The summed E-state index contributed by atoms with van der Waals surface area (Å²) in [6, 6.07) is 0. The number of hydrogen-bond acceptors (Lipinski definition) is 4. The van der Waals surface area contributed by atoms with Crippen LogP contribution in [0.15, 0.2) is 0 Å². The summed E-state index contributed by atoms with van der Waals surface area (Å²) in [5.74, 6) is -0.467. The highest BCUT2D eigenvalue weighted by Crippen LogP contribution is 2.27. The van der Waals surface area contributed by atoms with Gasteiger partial charge in [0.25, 0.3) is 0 Å². The zero-order chi connectivity index (χ0) is 10.6. The third-order valence-electron chi connectivity index (χ3n) is 1.93. The standard InChI is InChI=1S/C8H16N2O3S/c1-2-5-9-6-8(11)10-14(12,13)7-3-4-7/h7,9H,2-6H2,1H3,(H,10,11). The normalized spacial score (nSPS) is 16.6. The molecule has 0 aromatic rings. The molecule has 0 unspecified atom stereocenters. The van der Waals surface area contributed by atoms with Crippen LogP contribution in [0.25, 0.3) is 0 Å². The topological polar surface area (TPSA) is 75.3 Å². The zero-order valence-electron chi connectivity index (χ0n) is 8.25. The van der Waals surface area contributed by atoms with Gasteiger partial charge in [-0.1, -0.05) is 6.92 Å². The molecule has 5 nitrogen and oxygen atoms in total. The van der Waals surface area contributed by atoms with Crippen LogP contribution in [0.2, 0.25) is 0 Å². The summed E-state index contributed by atoms with van der Waals surface area (Å²) in [6.45, 7) is 2.77. The minimum Gasteiger partial charge on any atom is -0.308 e. The Hall–Kier alpha value is -0.620. The van der Waals surface area contributed by atoms with Gasteiger partial charge in [0.05, 0.1) is 11.8 Å². The molecule has 0 aromatic carbocycles. The molecular formula is C8H16N2O3S. The van der Waals surface area contributed by atoms with Gasteiger partial charge in [0.2, 0.25) is 15.9 Å². The van der Waals surface area contributed by atoms with Crippen LogP contribution >= 0.6 is 0 Å². The fraction of sp³-hybridized carbons (Fsp3) is 0.875. The highest BCUT2D eigenvalue weighted by molar-refractivity contribution is 7.90. The van der Waals surface area contributed by atoms with Gasteiger partial charge in [-0.3, -0.25) is 9.52 Å². The van der Waals surface area contributed by atoms with E-state index in [9.17, 15) is 13.2 Å². The van der Waals surface area contributed by atoms with E-state index >= 15 is 0 Å². The lowest BCUT2D eigenvalue weighted by Crippen LogP contribution is -2.39. The Bertz CT molecular complexity index is 296. The number of hydrogen-bond donors (Lipinski definition) is 2. The summed E-state index contributed by atoms with van der Waals surface area (Å²) in [6.07, 6.45) is 2.26. The van der Waals surface area contributed by atoms with Gasteiger partial charge >= 0.3 is 0 Å². The molecule has 1 saturated carbocycles. The first-order chi connectivity index (χ1) is 6.56. The molecule has 0 heterocycles. The molecule has 1 amide bonds. The molecule has 0 spiro atoms. The lowest BCUT2D eigenvalue weighted by atomic mass is 10.5. The summed E-state index contributed by atoms with van der Waals surface area (Å²) >= 11 is 0. The molecule has 6 heteroatoms. The Labute approximate surface area is 84.3 Å². The number of rotatable bonds is 6. The SMILES string of the molecule is CCCNCC(=O)NS(=O)(=O)C1CC1. The highest BCUT2D eigenvalue weighted by atomic mass is 32.2. The van der Waals surface area contributed by atoms with Crippen molar-refractivity contribution < 1.29 is 13.2 Å². The van der Waals surface area contributed by atoms with Gasteiger partial charge in [-0.2, -0.15) is 0 Å². The van der Waals surface area contributed by atoms with Crippen molar-refractivity contribution in [3.05, 3.63) is 0 Å². The van der Waals surface area contributed by atoms with E-state index in [0.717, 1.165) is 13.0 Å². The molecule has 1 aliphatic rings. The molecule has 1 aliphatic carbocycles. The Morgan fingerprint density at radius 2 is 2.07 bits per heavy atom. The molecule has 0 radical (unpaired) electrons. The molecule has 0 aromatic heterocycles. The van der Waals surface area contributed by atoms with Crippen LogP contribution in [0.1, 0.15) is 26.2 Å². The average molecular weight is 220 g/mol. The van der Waals surface area contributed by atoms with E-state index in [2.05, 4.69) is 5.32 Å². The van der Waals surface area contributed by atoms with Crippen molar-refractivity contribution in [3.8, 4) is 0 Å². The molecule has 0 bridgehead atoms. The minimum absolute atomic E-state index is 0.0692. The molecule has 2 N–H and O–H groups in total. The van der Waals surface area contributed by atoms with Crippen molar-refractivity contribution in [1.82, 2.24) is 10.0 Å². The Morgan fingerprint density at radius 3 is 2.57 bits per heavy atom. The summed E-state index contributed by atoms with van der Waals surface area (Å²) in [4.78, 5) is 11.1. The van der Waals surface area contributed by atoms with E-state index in [1.165, 1.54) is 0 Å². The van der Waals surface area contributed by atoms with Crippen LogP contribution in [-0.2, 0) is 14.8 Å². The molecule has 1 rings (SSSR count). The monoisotopic (exact) mass is 220 g/mol. The zero-order valence-corrected chi connectivity index (χ0v) is 9.06. The van der Waals surface area contributed by atoms with E-state index in [1.54, 1.807) is 0 Å². The largest absolute Gasteiger partial charge is 0.308 e. The van der Waals surface area contributed by atoms with Crippen LogP contribution < -0.4 is 10.0 Å². The van der Waals surface area contributed by atoms with Gasteiger partial charge in [0, 0.05) is 0 Å². The molecule has 82 valence electrons. The fourth-order valence-electron chi connectivity index (χ4n) is 1.04. The van der Waals surface area contributed by atoms with Crippen LogP contribution in [-0.4, -0.2) is 32.7 Å². The summed E-state index contributed by atoms with van der Waals surface area (Å²) in [5.41, 5.74) is 0. The number of carbonyl (C=O) groups excluding carboxylic acids is 1. The van der Waals surface area contributed by atoms with Gasteiger partial charge in [-0.05, 0) is 25.8 Å². The van der Waals surface area contributed by atoms with Crippen LogP contribution in [0.4, 0.5) is 0 Å². The van der Waals surface area contributed by atoms with Crippen molar-refractivity contribution in [2.75, 3.05) is 13.1 Å². The summed E-state index contributed by atoms with van der Waals surface area (Å²) < 4.78 is 24.6. The quantitative estimate of drug-likeness (QED) is 0.597. The fourth-order valence-corrected chi connectivity index (χ4v) is 2.35. The first kappa shape index (κ1) is 11.5. The summed E-state index contributed by atoms with van der Waals surface area (Å²) in [5, 5.41) is 2.50. The van der Waals surface area contributed by atoms with Gasteiger partial charge in [0.15, 0.2) is 0 Å². The number of nitrogens with one attached hydrogen (secondary N) is 2. The Balaban J connectivity index is 2.26. The van der Waals surface area contributed by atoms with E-state index in [-0.39, 0.29) is 11.8 Å². The first-order valence-corrected chi connectivity index (χ1v) is 6.36. The highest BCUT2D eigenvalue weighted by Gasteiger charge is 2.36. The number of amides is 1. The second-order valence-electron chi connectivity index (χ2n) is 3.45. The molecular weight excluding hydrogens is 204 g/mol. The van der Waals surface area contributed by atoms with Crippen molar-refractivity contribution in [2.24, 2.45) is 0 Å². The van der Waals surface area contributed by atoms with Gasteiger partial charge in [-0.25, -0.2) is 8.42 Å². The maximum atomic E-state index is 11.3. The molecule has 0 atom stereocenters. The maximum Gasteiger partial charge on any atom is 0.247 e. The second kappa shape index (κ2) is 4.75. The van der Waals surface area contributed by atoms with E-state index in [0.29, 0.717) is 12.8 Å². The molecule has 0 aliphatic heterocycles. The predicted molar refractivity (Wildman–Crippen MR) is 53.2 cm³/mol. The lowest BCUT2D eigenvalue weighted by Gasteiger charge is -2.05. The Kier molecular flexibility index (Phi) is 3.88. The molecule has 1 fully saturated rings. The van der Waals surface area contributed by atoms with E-state index < -0.39 is 15.9 Å². The number of carbonyl (C=O) groups is 1. The van der Waals surface area contributed by atoms with Gasteiger partial charge < -0.3 is 5.32 Å². The van der Waals surface area contributed by atoms with Crippen LogP contribution in [0, 0.1) is 0 Å². The molecule has 0 saturated heterocycles. The average Bonchev–Trinajstić information content (AvgIpc) is 2.85. The number of sulfonamides is 1. The second-order valence-corrected chi connectivity index (χ2v) is 5.41. The van der Waals surface area contributed by atoms with Crippen LogP contribution in [0.5, 0.6) is 0 Å². The van der Waals surface area contributed by atoms with Crippen molar-refractivity contribution in [2.45, 2.75) is 31.4 Å². The summed E-state index contributed by atoms with van der Waals surface area (Å²) in [7, 11) is -3.36. The van der Waals surface area contributed by atoms with Crippen LogP contribution in [0.3, 0.4) is 0 Å². The van der Waals surface area contributed by atoms with Crippen molar-refractivity contribution in [1.29, 1.82) is 0 Å². The Morgan fingerprint density at radius 1 is 1.43 bits per heavy atom. The third kappa shape index (κ3) is 3.63. The van der Waals surface area contributed by atoms with Gasteiger partial charge in [0.1, 0.15) is 0 Å². The van der Waals surface area contributed by atoms with Crippen molar-refractivity contribution in [3.63, 3.8) is 0 Å². The lowest BCUT2D eigenvalue weighted by molar-refractivity contribution is -0.118. The maximum absolute atomic E-state index is 11.3. The predicted octanol–water partition coefficient (Wildman–Crippen LogP) is -0.406.